The highest BCUT2D eigenvalue weighted by atomic mass is 16.3. The molecule has 1 aromatic carbocycles. The van der Waals surface area contributed by atoms with E-state index in [9.17, 15) is 10.2 Å². The number of aliphatic hydroxyl groups is 1. The fraction of sp³-hybridized carbons (Fsp3) is 0.389. The molecule has 0 spiro atoms. The standard InChI is InChI=1S/C18H22N2O2/c1-13-6-9-18(22)16(19-13)12-20(10-11-21)17-8-7-14-4-2-3-5-15(14)17/h2-6,9,17,21-22H,7-8,10-12H2,1H3. The molecule has 4 nitrogen and oxygen atoms in total. The van der Waals surface area contributed by atoms with Crippen molar-refractivity contribution in [1.82, 2.24) is 9.88 Å². The van der Waals surface area contributed by atoms with E-state index in [0.29, 0.717) is 18.8 Å². The van der Waals surface area contributed by atoms with E-state index < -0.39 is 0 Å². The topological polar surface area (TPSA) is 56.6 Å². The van der Waals surface area contributed by atoms with E-state index in [0.717, 1.165) is 18.5 Å². The molecule has 1 aliphatic rings. The summed E-state index contributed by atoms with van der Waals surface area (Å²) in [6.45, 7) is 3.15. The molecule has 1 aliphatic carbocycles. The van der Waals surface area contributed by atoms with Crippen LogP contribution in [0.25, 0.3) is 0 Å². The Bertz CT molecular complexity index is 657. The molecule has 0 radical (unpaired) electrons. The zero-order chi connectivity index (χ0) is 15.5. The number of pyridine rings is 1. The Morgan fingerprint density at radius 1 is 1.23 bits per heavy atom. The van der Waals surface area contributed by atoms with Gasteiger partial charge in [-0.15, -0.1) is 0 Å². The quantitative estimate of drug-likeness (QED) is 0.891. The summed E-state index contributed by atoms with van der Waals surface area (Å²) in [7, 11) is 0. The van der Waals surface area contributed by atoms with Gasteiger partial charge in [-0.25, -0.2) is 0 Å². The minimum absolute atomic E-state index is 0.102. The van der Waals surface area contributed by atoms with Gasteiger partial charge in [-0.3, -0.25) is 9.88 Å². The summed E-state index contributed by atoms with van der Waals surface area (Å²) >= 11 is 0. The predicted molar refractivity (Wildman–Crippen MR) is 85.6 cm³/mol. The predicted octanol–water partition coefficient (Wildman–Crippen LogP) is 2.58. The maximum Gasteiger partial charge on any atom is 0.138 e. The number of aromatic hydroxyl groups is 1. The molecule has 2 N–H and O–H groups in total. The number of benzene rings is 1. The number of aromatic nitrogens is 1. The van der Waals surface area contributed by atoms with Crippen LogP contribution in [0.15, 0.2) is 36.4 Å². The summed E-state index contributed by atoms with van der Waals surface area (Å²) in [6.07, 6.45) is 2.11. The number of aliphatic hydroxyl groups excluding tert-OH is 1. The summed E-state index contributed by atoms with van der Waals surface area (Å²) in [5.41, 5.74) is 4.29. The fourth-order valence-corrected chi connectivity index (χ4v) is 3.30. The van der Waals surface area contributed by atoms with Crippen molar-refractivity contribution in [2.45, 2.75) is 32.4 Å². The number of aryl methyl sites for hydroxylation is 2. The van der Waals surface area contributed by atoms with E-state index in [1.165, 1.54) is 11.1 Å². The van der Waals surface area contributed by atoms with Crippen LogP contribution < -0.4 is 0 Å². The summed E-state index contributed by atoms with van der Waals surface area (Å²) in [5, 5.41) is 19.5. The Morgan fingerprint density at radius 3 is 2.86 bits per heavy atom. The minimum atomic E-state index is 0.102. The van der Waals surface area contributed by atoms with Gasteiger partial charge in [-0.05, 0) is 43.0 Å². The average molecular weight is 298 g/mol. The van der Waals surface area contributed by atoms with Crippen LogP contribution in [-0.4, -0.2) is 33.2 Å². The van der Waals surface area contributed by atoms with Crippen LogP contribution in [0.1, 0.15) is 35.0 Å². The molecule has 2 aromatic rings. The lowest BCUT2D eigenvalue weighted by Crippen LogP contribution is -2.30. The first-order chi connectivity index (χ1) is 10.7. The highest BCUT2D eigenvalue weighted by Gasteiger charge is 2.28. The normalized spacial score (nSPS) is 17.0. The first-order valence-electron chi connectivity index (χ1n) is 7.77. The lowest BCUT2D eigenvalue weighted by molar-refractivity contribution is 0.140. The van der Waals surface area contributed by atoms with Gasteiger partial charge < -0.3 is 10.2 Å². The van der Waals surface area contributed by atoms with Crippen LogP contribution in [0.4, 0.5) is 0 Å². The van der Waals surface area contributed by atoms with Gasteiger partial charge in [0.1, 0.15) is 5.75 Å². The minimum Gasteiger partial charge on any atom is -0.506 e. The summed E-state index contributed by atoms with van der Waals surface area (Å²) in [4.78, 5) is 6.66. The van der Waals surface area contributed by atoms with E-state index >= 15 is 0 Å². The van der Waals surface area contributed by atoms with Gasteiger partial charge in [0.2, 0.25) is 0 Å². The maximum absolute atomic E-state index is 10.0. The summed E-state index contributed by atoms with van der Waals surface area (Å²) in [5.74, 6) is 0.222. The van der Waals surface area contributed by atoms with Gasteiger partial charge in [-0.1, -0.05) is 24.3 Å². The Hall–Kier alpha value is -1.91. The molecule has 0 saturated heterocycles. The van der Waals surface area contributed by atoms with Gasteiger partial charge in [0.15, 0.2) is 0 Å². The Labute approximate surface area is 131 Å². The van der Waals surface area contributed by atoms with Crippen molar-refractivity contribution in [2.24, 2.45) is 0 Å². The van der Waals surface area contributed by atoms with E-state index in [4.69, 9.17) is 0 Å². The maximum atomic E-state index is 10.0. The van der Waals surface area contributed by atoms with E-state index in [1.807, 2.05) is 6.92 Å². The van der Waals surface area contributed by atoms with Gasteiger partial charge in [0, 0.05) is 24.8 Å². The molecular weight excluding hydrogens is 276 g/mol. The van der Waals surface area contributed by atoms with Crippen molar-refractivity contribution in [3.8, 4) is 5.75 Å². The van der Waals surface area contributed by atoms with Crippen LogP contribution in [0.5, 0.6) is 5.75 Å². The molecule has 0 bridgehead atoms. The largest absolute Gasteiger partial charge is 0.506 e. The molecule has 4 heteroatoms. The van der Waals surface area contributed by atoms with Crippen LogP contribution in [0, 0.1) is 6.92 Å². The third kappa shape index (κ3) is 2.98. The lowest BCUT2D eigenvalue weighted by atomic mass is 10.1. The number of nitrogens with zero attached hydrogens (tertiary/aromatic N) is 2. The smallest absolute Gasteiger partial charge is 0.138 e. The summed E-state index contributed by atoms with van der Waals surface area (Å²) < 4.78 is 0. The van der Waals surface area contributed by atoms with Gasteiger partial charge in [0.05, 0.1) is 12.3 Å². The van der Waals surface area contributed by atoms with Gasteiger partial charge >= 0.3 is 0 Å². The van der Waals surface area contributed by atoms with E-state index in [-0.39, 0.29) is 18.4 Å². The van der Waals surface area contributed by atoms with Crippen molar-refractivity contribution in [2.75, 3.05) is 13.2 Å². The Kier molecular flexibility index (Phi) is 4.41. The fourth-order valence-electron chi connectivity index (χ4n) is 3.30. The Balaban J connectivity index is 1.86. The SMILES string of the molecule is Cc1ccc(O)c(CN(CCO)C2CCc3ccccc32)n1. The van der Waals surface area contributed by atoms with Crippen molar-refractivity contribution in [1.29, 1.82) is 0 Å². The zero-order valence-corrected chi connectivity index (χ0v) is 12.9. The molecule has 0 amide bonds. The van der Waals surface area contributed by atoms with Gasteiger partial charge in [-0.2, -0.15) is 0 Å². The highest BCUT2D eigenvalue weighted by molar-refractivity contribution is 5.35. The lowest BCUT2D eigenvalue weighted by Gasteiger charge is -2.29. The molecule has 116 valence electrons. The van der Waals surface area contributed by atoms with Crippen molar-refractivity contribution < 1.29 is 10.2 Å². The highest BCUT2D eigenvalue weighted by Crippen LogP contribution is 2.36. The van der Waals surface area contributed by atoms with Crippen LogP contribution >= 0.6 is 0 Å². The zero-order valence-electron chi connectivity index (χ0n) is 12.9. The first kappa shape index (κ1) is 15.0. The second-order valence-electron chi connectivity index (χ2n) is 5.87. The molecule has 1 heterocycles. The van der Waals surface area contributed by atoms with Gasteiger partial charge in [0.25, 0.3) is 0 Å². The molecule has 3 rings (SSSR count). The molecule has 1 unspecified atom stereocenters. The third-order valence-corrected chi connectivity index (χ3v) is 4.37. The average Bonchev–Trinajstić information content (AvgIpc) is 2.94. The van der Waals surface area contributed by atoms with E-state index in [1.54, 1.807) is 12.1 Å². The molecule has 0 fully saturated rings. The van der Waals surface area contributed by atoms with E-state index in [2.05, 4.69) is 34.1 Å². The third-order valence-electron chi connectivity index (χ3n) is 4.37. The number of hydrogen-bond acceptors (Lipinski definition) is 4. The van der Waals surface area contributed by atoms with Crippen LogP contribution in [0.2, 0.25) is 0 Å². The second-order valence-corrected chi connectivity index (χ2v) is 5.87. The molecule has 0 saturated carbocycles. The monoisotopic (exact) mass is 298 g/mol. The molecular formula is C18H22N2O2. The van der Waals surface area contributed by atoms with Crippen LogP contribution in [-0.2, 0) is 13.0 Å². The Morgan fingerprint density at radius 2 is 2.05 bits per heavy atom. The molecule has 22 heavy (non-hydrogen) atoms. The molecule has 1 atom stereocenters. The molecule has 0 aliphatic heterocycles. The molecule has 1 aromatic heterocycles. The first-order valence-corrected chi connectivity index (χ1v) is 7.77. The number of rotatable bonds is 5. The summed E-state index contributed by atoms with van der Waals surface area (Å²) in [6, 6.07) is 12.3. The van der Waals surface area contributed by atoms with Crippen molar-refractivity contribution >= 4 is 0 Å². The number of hydrogen-bond donors (Lipinski definition) is 2. The van der Waals surface area contributed by atoms with Crippen LogP contribution in [0.3, 0.4) is 0 Å². The van der Waals surface area contributed by atoms with Crippen molar-refractivity contribution in [3.63, 3.8) is 0 Å². The number of fused-ring (bicyclic) bond motifs is 1. The second kappa shape index (κ2) is 6.46. The van der Waals surface area contributed by atoms with Crippen molar-refractivity contribution in [3.05, 3.63) is 58.9 Å².